The SMILES string of the molecule is Nc1ccnc(Nc2cccc3ccccc23)c1. The van der Waals surface area contributed by atoms with E-state index < -0.39 is 0 Å². The van der Waals surface area contributed by atoms with Crippen LogP contribution in [0.2, 0.25) is 0 Å². The van der Waals surface area contributed by atoms with Crippen molar-refractivity contribution in [3.63, 3.8) is 0 Å². The first-order valence-corrected chi connectivity index (χ1v) is 5.79. The Morgan fingerprint density at radius 2 is 1.78 bits per heavy atom. The smallest absolute Gasteiger partial charge is 0.132 e. The lowest BCUT2D eigenvalue weighted by atomic mass is 10.1. The molecule has 0 spiro atoms. The highest BCUT2D eigenvalue weighted by Crippen LogP contribution is 2.25. The van der Waals surface area contributed by atoms with Crippen LogP contribution in [0.15, 0.2) is 60.8 Å². The van der Waals surface area contributed by atoms with Gasteiger partial charge in [0.2, 0.25) is 0 Å². The lowest BCUT2D eigenvalue weighted by Gasteiger charge is -2.09. The number of fused-ring (bicyclic) bond motifs is 1. The van der Waals surface area contributed by atoms with Crippen LogP contribution in [-0.2, 0) is 0 Å². The molecule has 1 heterocycles. The number of nitrogen functional groups attached to an aromatic ring is 1. The summed E-state index contributed by atoms with van der Waals surface area (Å²) in [7, 11) is 0. The van der Waals surface area contributed by atoms with Gasteiger partial charge in [-0.15, -0.1) is 0 Å². The lowest BCUT2D eigenvalue weighted by molar-refractivity contribution is 1.31. The van der Waals surface area contributed by atoms with E-state index in [4.69, 9.17) is 5.73 Å². The Kier molecular flexibility index (Phi) is 2.57. The third-order valence-corrected chi connectivity index (χ3v) is 2.84. The molecule has 3 nitrogen and oxygen atoms in total. The summed E-state index contributed by atoms with van der Waals surface area (Å²) in [6, 6.07) is 18.0. The van der Waals surface area contributed by atoms with E-state index in [0.29, 0.717) is 5.69 Å². The monoisotopic (exact) mass is 235 g/mol. The van der Waals surface area contributed by atoms with Crippen LogP contribution in [-0.4, -0.2) is 4.98 Å². The largest absolute Gasteiger partial charge is 0.399 e. The molecule has 3 heteroatoms. The number of aromatic nitrogens is 1. The minimum atomic E-state index is 0.702. The van der Waals surface area contributed by atoms with Crippen molar-refractivity contribution in [2.75, 3.05) is 11.1 Å². The zero-order valence-electron chi connectivity index (χ0n) is 9.80. The summed E-state index contributed by atoms with van der Waals surface area (Å²) in [5.41, 5.74) is 7.48. The normalized spacial score (nSPS) is 10.4. The van der Waals surface area contributed by atoms with E-state index in [0.717, 1.165) is 11.5 Å². The zero-order valence-corrected chi connectivity index (χ0v) is 9.80. The van der Waals surface area contributed by atoms with Crippen molar-refractivity contribution in [1.29, 1.82) is 0 Å². The quantitative estimate of drug-likeness (QED) is 0.714. The predicted molar refractivity (Wildman–Crippen MR) is 75.9 cm³/mol. The first-order chi connectivity index (χ1) is 8.83. The Labute approximate surface area is 105 Å². The second-order valence-corrected chi connectivity index (χ2v) is 4.13. The number of pyridine rings is 1. The Morgan fingerprint density at radius 1 is 0.944 bits per heavy atom. The van der Waals surface area contributed by atoms with E-state index in [1.165, 1.54) is 10.8 Å². The van der Waals surface area contributed by atoms with Crippen molar-refractivity contribution >= 4 is 28.0 Å². The third kappa shape index (κ3) is 1.98. The second kappa shape index (κ2) is 4.37. The molecule has 3 rings (SSSR count). The van der Waals surface area contributed by atoms with Gasteiger partial charge >= 0.3 is 0 Å². The maximum Gasteiger partial charge on any atom is 0.132 e. The maximum absolute atomic E-state index is 5.74. The highest BCUT2D eigenvalue weighted by Gasteiger charge is 2.01. The molecule has 0 saturated heterocycles. The highest BCUT2D eigenvalue weighted by molar-refractivity contribution is 5.95. The Balaban J connectivity index is 2.05. The molecule has 18 heavy (non-hydrogen) atoms. The number of nitrogens with two attached hydrogens (primary N) is 1. The fourth-order valence-electron chi connectivity index (χ4n) is 1.99. The van der Waals surface area contributed by atoms with E-state index >= 15 is 0 Å². The number of hydrogen-bond donors (Lipinski definition) is 2. The third-order valence-electron chi connectivity index (χ3n) is 2.84. The summed E-state index contributed by atoms with van der Waals surface area (Å²) in [5.74, 6) is 0.756. The van der Waals surface area contributed by atoms with Crippen molar-refractivity contribution < 1.29 is 0 Å². The Bertz CT molecular complexity index is 687. The van der Waals surface area contributed by atoms with Gasteiger partial charge in [0.15, 0.2) is 0 Å². The second-order valence-electron chi connectivity index (χ2n) is 4.13. The van der Waals surface area contributed by atoms with E-state index in [9.17, 15) is 0 Å². The predicted octanol–water partition coefficient (Wildman–Crippen LogP) is 3.56. The number of nitrogens with zero attached hydrogens (tertiary/aromatic N) is 1. The van der Waals surface area contributed by atoms with Crippen LogP contribution in [0.3, 0.4) is 0 Å². The molecule has 0 bridgehead atoms. The summed E-state index contributed by atoms with van der Waals surface area (Å²) in [4.78, 5) is 4.25. The fraction of sp³-hybridized carbons (Fsp3) is 0. The summed E-state index contributed by atoms with van der Waals surface area (Å²) in [5, 5.41) is 5.67. The molecule has 88 valence electrons. The topological polar surface area (TPSA) is 50.9 Å². The van der Waals surface area contributed by atoms with Gasteiger partial charge in [0.1, 0.15) is 5.82 Å². The molecule has 3 N–H and O–H groups in total. The summed E-state index contributed by atoms with van der Waals surface area (Å²) >= 11 is 0. The van der Waals surface area contributed by atoms with Gasteiger partial charge in [0.05, 0.1) is 0 Å². The van der Waals surface area contributed by atoms with Crippen LogP contribution in [0.1, 0.15) is 0 Å². The number of hydrogen-bond acceptors (Lipinski definition) is 3. The van der Waals surface area contributed by atoms with Crippen LogP contribution < -0.4 is 11.1 Å². The van der Waals surface area contributed by atoms with Crippen molar-refractivity contribution in [3.8, 4) is 0 Å². The van der Waals surface area contributed by atoms with E-state index in [1.807, 2.05) is 30.3 Å². The summed E-state index contributed by atoms with van der Waals surface area (Å²) in [6.45, 7) is 0. The molecule has 0 saturated carbocycles. The zero-order chi connectivity index (χ0) is 12.4. The van der Waals surface area contributed by atoms with E-state index in [2.05, 4.69) is 28.5 Å². The van der Waals surface area contributed by atoms with Gasteiger partial charge in [0.25, 0.3) is 0 Å². The van der Waals surface area contributed by atoms with Crippen LogP contribution in [0.5, 0.6) is 0 Å². The summed E-state index contributed by atoms with van der Waals surface area (Å²) < 4.78 is 0. The molecule has 0 aliphatic heterocycles. The molecular formula is C15H13N3. The van der Waals surface area contributed by atoms with Crippen molar-refractivity contribution in [2.45, 2.75) is 0 Å². The Hall–Kier alpha value is -2.55. The van der Waals surface area contributed by atoms with E-state index in [1.54, 1.807) is 12.3 Å². The molecule has 0 atom stereocenters. The first-order valence-electron chi connectivity index (χ1n) is 5.79. The van der Waals surface area contributed by atoms with Crippen molar-refractivity contribution in [2.24, 2.45) is 0 Å². The van der Waals surface area contributed by atoms with Crippen molar-refractivity contribution in [1.82, 2.24) is 4.98 Å². The van der Waals surface area contributed by atoms with Gasteiger partial charge in [0, 0.05) is 29.0 Å². The molecule has 0 aliphatic rings. The lowest BCUT2D eigenvalue weighted by Crippen LogP contribution is -1.95. The fourth-order valence-corrected chi connectivity index (χ4v) is 1.99. The van der Waals surface area contributed by atoms with Crippen LogP contribution in [0.4, 0.5) is 17.2 Å². The minimum Gasteiger partial charge on any atom is -0.399 e. The van der Waals surface area contributed by atoms with Gasteiger partial charge < -0.3 is 11.1 Å². The van der Waals surface area contributed by atoms with Crippen LogP contribution in [0.25, 0.3) is 10.8 Å². The minimum absolute atomic E-state index is 0.702. The number of rotatable bonds is 2. The van der Waals surface area contributed by atoms with E-state index in [-0.39, 0.29) is 0 Å². The highest BCUT2D eigenvalue weighted by atomic mass is 15.0. The average molecular weight is 235 g/mol. The van der Waals surface area contributed by atoms with Gasteiger partial charge in [-0.3, -0.25) is 0 Å². The van der Waals surface area contributed by atoms with Crippen LogP contribution in [0, 0.1) is 0 Å². The number of nitrogens with one attached hydrogen (secondary N) is 1. The van der Waals surface area contributed by atoms with Gasteiger partial charge in [-0.05, 0) is 17.5 Å². The standard InChI is InChI=1S/C15H13N3/c16-12-8-9-17-15(10-12)18-14-7-3-5-11-4-1-2-6-13(11)14/h1-10H,(H3,16,17,18). The molecule has 0 radical (unpaired) electrons. The molecule has 0 aliphatic carbocycles. The van der Waals surface area contributed by atoms with Gasteiger partial charge in [-0.1, -0.05) is 36.4 Å². The average Bonchev–Trinajstić information content (AvgIpc) is 2.39. The maximum atomic E-state index is 5.74. The molecule has 0 unspecified atom stereocenters. The molecule has 0 fully saturated rings. The molecule has 3 aromatic rings. The van der Waals surface area contributed by atoms with Crippen molar-refractivity contribution in [3.05, 3.63) is 60.8 Å². The number of anilines is 3. The molecule has 2 aromatic carbocycles. The first kappa shape index (κ1) is 10.6. The van der Waals surface area contributed by atoms with Gasteiger partial charge in [-0.2, -0.15) is 0 Å². The molecular weight excluding hydrogens is 222 g/mol. The molecule has 0 amide bonds. The Morgan fingerprint density at radius 3 is 2.67 bits per heavy atom. The summed E-state index contributed by atoms with van der Waals surface area (Å²) in [6.07, 6.45) is 1.70. The number of benzene rings is 2. The van der Waals surface area contributed by atoms with Crippen LogP contribution >= 0.6 is 0 Å². The molecule has 1 aromatic heterocycles. The van der Waals surface area contributed by atoms with Gasteiger partial charge in [-0.25, -0.2) is 4.98 Å².